The highest BCUT2D eigenvalue weighted by Gasteiger charge is 2.35. The minimum absolute atomic E-state index is 0.152. The molecule has 0 saturated carbocycles. The number of halogens is 3. The molecule has 7 nitrogen and oxygen atoms in total. The molecule has 1 aliphatic heterocycles. The van der Waals surface area contributed by atoms with E-state index in [1.165, 1.54) is 18.3 Å². The Hall–Kier alpha value is -2.76. The summed E-state index contributed by atoms with van der Waals surface area (Å²) >= 11 is 0. The zero-order valence-corrected chi connectivity index (χ0v) is 18.7. The van der Waals surface area contributed by atoms with Crippen molar-refractivity contribution in [1.82, 2.24) is 14.3 Å². The summed E-state index contributed by atoms with van der Waals surface area (Å²) in [7, 11) is -4.16. The molecule has 3 aromatic rings. The van der Waals surface area contributed by atoms with E-state index in [1.807, 2.05) is 4.90 Å². The fourth-order valence-corrected chi connectivity index (χ4v) is 5.89. The molecule has 0 atom stereocenters. The minimum Gasteiger partial charge on any atom is -0.395 e. The van der Waals surface area contributed by atoms with Crippen LogP contribution in [0.5, 0.6) is 0 Å². The van der Waals surface area contributed by atoms with Crippen molar-refractivity contribution in [3.05, 3.63) is 59.5 Å². The van der Waals surface area contributed by atoms with Crippen LogP contribution in [0, 0.1) is 24.4 Å². The SMILES string of the molecule is Cc1ccc(F)c(S(=O)(=O)N(CCO)C2CCN(c3cnc4cc(F)c(F)cc4n3)CC2)c1. The standard InChI is InChI=1S/C22H23F3N4O3S/c1-14-2-3-16(23)21(10-14)33(31,32)29(8-9-30)15-4-6-28(7-5-15)22-13-26-19-11-17(24)18(25)12-20(19)27-22/h2-3,10-13,15,30H,4-9H2,1H3. The lowest BCUT2D eigenvalue weighted by Gasteiger charge is -2.38. The van der Waals surface area contributed by atoms with Gasteiger partial charge in [0, 0.05) is 37.8 Å². The first-order valence-electron chi connectivity index (χ1n) is 10.5. The largest absolute Gasteiger partial charge is 0.395 e. The van der Waals surface area contributed by atoms with Crippen LogP contribution in [0.1, 0.15) is 18.4 Å². The van der Waals surface area contributed by atoms with E-state index in [-0.39, 0.29) is 17.6 Å². The number of rotatable bonds is 6. The van der Waals surface area contributed by atoms with E-state index in [9.17, 15) is 26.7 Å². The van der Waals surface area contributed by atoms with Crippen molar-refractivity contribution in [1.29, 1.82) is 0 Å². The lowest BCUT2D eigenvalue weighted by atomic mass is 10.1. The number of sulfonamides is 1. The van der Waals surface area contributed by atoms with Crippen LogP contribution in [0.2, 0.25) is 0 Å². The van der Waals surface area contributed by atoms with Gasteiger partial charge in [-0.15, -0.1) is 0 Å². The third kappa shape index (κ3) is 4.66. The van der Waals surface area contributed by atoms with Gasteiger partial charge < -0.3 is 10.0 Å². The summed E-state index contributed by atoms with van der Waals surface area (Å²) in [6.45, 7) is 1.97. The zero-order chi connectivity index (χ0) is 23.8. The first kappa shape index (κ1) is 23.4. The molecule has 0 radical (unpaired) electrons. The van der Waals surface area contributed by atoms with Gasteiger partial charge in [-0.3, -0.25) is 4.98 Å². The van der Waals surface area contributed by atoms with Gasteiger partial charge in [-0.1, -0.05) is 6.07 Å². The topological polar surface area (TPSA) is 86.6 Å². The number of anilines is 1. The Morgan fingerprint density at radius 2 is 1.73 bits per heavy atom. The van der Waals surface area contributed by atoms with E-state index in [0.717, 1.165) is 22.5 Å². The van der Waals surface area contributed by atoms with Gasteiger partial charge in [0.15, 0.2) is 11.6 Å². The van der Waals surface area contributed by atoms with Crippen LogP contribution in [0.3, 0.4) is 0 Å². The number of piperidine rings is 1. The first-order chi connectivity index (χ1) is 15.7. The van der Waals surface area contributed by atoms with E-state index in [2.05, 4.69) is 9.97 Å². The lowest BCUT2D eigenvalue weighted by Crippen LogP contribution is -2.48. The third-order valence-electron chi connectivity index (χ3n) is 5.76. The van der Waals surface area contributed by atoms with Crippen molar-refractivity contribution in [2.24, 2.45) is 0 Å². The summed E-state index contributed by atoms with van der Waals surface area (Å²) in [6.07, 6.45) is 2.28. The Balaban J connectivity index is 1.54. The number of hydrogen-bond acceptors (Lipinski definition) is 6. The summed E-state index contributed by atoms with van der Waals surface area (Å²) in [5.74, 6) is -2.38. The fourth-order valence-electron chi connectivity index (χ4n) is 4.07. The summed E-state index contributed by atoms with van der Waals surface area (Å²) in [5, 5.41) is 9.49. The molecule has 2 heterocycles. The molecular formula is C22H23F3N4O3S. The molecule has 33 heavy (non-hydrogen) atoms. The average Bonchev–Trinajstić information content (AvgIpc) is 2.79. The van der Waals surface area contributed by atoms with E-state index >= 15 is 0 Å². The second-order valence-electron chi connectivity index (χ2n) is 7.97. The van der Waals surface area contributed by atoms with E-state index < -0.39 is 45.0 Å². The summed E-state index contributed by atoms with van der Waals surface area (Å²) in [4.78, 5) is 9.97. The molecule has 1 saturated heterocycles. The molecule has 1 fully saturated rings. The van der Waals surface area contributed by atoms with Gasteiger partial charge in [-0.05, 0) is 37.5 Å². The van der Waals surface area contributed by atoms with Gasteiger partial charge in [-0.2, -0.15) is 4.31 Å². The van der Waals surface area contributed by atoms with Crippen LogP contribution in [0.25, 0.3) is 11.0 Å². The van der Waals surface area contributed by atoms with Crippen LogP contribution in [0.4, 0.5) is 19.0 Å². The molecule has 0 aliphatic carbocycles. The van der Waals surface area contributed by atoms with Crippen molar-refractivity contribution < 1.29 is 26.7 Å². The summed E-state index contributed by atoms with van der Waals surface area (Å²) < 4.78 is 68.9. The predicted octanol–water partition coefficient (Wildman–Crippen LogP) is 3.01. The Labute approximate surface area is 189 Å². The molecule has 1 aromatic heterocycles. The molecule has 2 aromatic carbocycles. The van der Waals surface area contributed by atoms with Crippen molar-refractivity contribution in [2.45, 2.75) is 30.7 Å². The van der Waals surface area contributed by atoms with E-state index in [0.29, 0.717) is 37.3 Å². The number of aromatic nitrogens is 2. The fraction of sp³-hybridized carbons (Fsp3) is 0.364. The van der Waals surface area contributed by atoms with E-state index in [4.69, 9.17) is 0 Å². The number of aliphatic hydroxyl groups is 1. The lowest BCUT2D eigenvalue weighted by molar-refractivity contribution is 0.208. The molecule has 176 valence electrons. The number of fused-ring (bicyclic) bond motifs is 1. The maximum Gasteiger partial charge on any atom is 0.246 e. The van der Waals surface area contributed by atoms with Crippen LogP contribution < -0.4 is 4.90 Å². The van der Waals surface area contributed by atoms with Gasteiger partial charge in [0.2, 0.25) is 10.0 Å². The number of aryl methyl sites for hydroxylation is 1. The molecule has 11 heteroatoms. The molecular weight excluding hydrogens is 457 g/mol. The molecule has 1 N–H and O–H groups in total. The van der Waals surface area contributed by atoms with Gasteiger partial charge in [-0.25, -0.2) is 26.6 Å². The number of nitrogens with zero attached hydrogens (tertiary/aromatic N) is 4. The molecule has 4 rings (SSSR count). The predicted molar refractivity (Wildman–Crippen MR) is 117 cm³/mol. The van der Waals surface area contributed by atoms with E-state index in [1.54, 1.807) is 6.92 Å². The average molecular weight is 481 g/mol. The number of hydrogen-bond donors (Lipinski definition) is 1. The number of aliphatic hydroxyl groups excluding tert-OH is 1. The highest BCUT2D eigenvalue weighted by atomic mass is 32.2. The maximum absolute atomic E-state index is 14.4. The Kier molecular flexibility index (Phi) is 6.55. The first-order valence-corrected chi connectivity index (χ1v) is 11.9. The van der Waals surface area contributed by atoms with Crippen LogP contribution in [-0.4, -0.2) is 60.1 Å². The second kappa shape index (κ2) is 9.24. The molecule has 0 unspecified atom stereocenters. The smallest absolute Gasteiger partial charge is 0.246 e. The summed E-state index contributed by atoms with van der Waals surface area (Å²) in [6, 6.07) is 5.42. The summed E-state index contributed by atoms with van der Waals surface area (Å²) in [5.41, 5.74) is 1.06. The van der Waals surface area contributed by atoms with Gasteiger partial charge in [0.1, 0.15) is 16.5 Å². The maximum atomic E-state index is 14.4. The minimum atomic E-state index is -4.16. The van der Waals surface area contributed by atoms with Crippen molar-refractivity contribution >= 4 is 26.9 Å². The Morgan fingerprint density at radius 3 is 2.39 bits per heavy atom. The van der Waals surface area contributed by atoms with Gasteiger partial charge in [0.25, 0.3) is 0 Å². The Bertz CT molecular complexity index is 1280. The van der Waals surface area contributed by atoms with Gasteiger partial charge in [0.05, 0.1) is 23.8 Å². The van der Waals surface area contributed by atoms with Crippen LogP contribution in [0.15, 0.2) is 41.4 Å². The van der Waals surface area contributed by atoms with Crippen molar-refractivity contribution in [3.63, 3.8) is 0 Å². The normalized spacial score (nSPS) is 15.5. The highest BCUT2D eigenvalue weighted by Crippen LogP contribution is 2.28. The van der Waals surface area contributed by atoms with Crippen molar-refractivity contribution in [2.75, 3.05) is 31.1 Å². The van der Waals surface area contributed by atoms with Crippen molar-refractivity contribution in [3.8, 4) is 0 Å². The Morgan fingerprint density at radius 1 is 1.06 bits per heavy atom. The quantitative estimate of drug-likeness (QED) is 0.584. The third-order valence-corrected chi connectivity index (χ3v) is 7.73. The highest BCUT2D eigenvalue weighted by molar-refractivity contribution is 7.89. The second-order valence-corrected chi connectivity index (χ2v) is 9.83. The molecule has 0 bridgehead atoms. The van der Waals surface area contributed by atoms with Crippen LogP contribution >= 0.6 is 0 Å². The monoisotopic (exact) mass is 480 g/mol. The van der Waals surface area contributed by atoms with Gasteiger partial charge >= 0.3 is 0 Å². The van der Waals surface area contributed by atoms with Crippen LogP contribution in [-0.2, 0) is 10.0 Å². The number of benzene rings is 2. The zero-order valence-electron chi connectivity index (χ0n) is 17.9. The molecule has 1 aliphatic rings. The molecule has 0 amide bonds. The molecule has 0 spiro atoms.